The Labute approximate surface area is 182 Å². The van der Waals surface area contributed by atoms with Crippen molar-refractivity contribution < 1.29 is 31.9 Å². The second-order valence-corrected chi connectivity index (χ2v) is 16.9. The minimum absolute atomic E-state index is 0.170. The van der Waals surface area contributed by atoms with E-state index in [1.54, 1.807) is 29.3 Å². The molecule has 0 radical (unpaired) electrons. The van der Waals surface area contributed by atoms with Crippen molar-refractivity contribution in [2.45, 2.75) is 0 Å². The Morgan fingerprint density at radius 3 is 2.19 bits per heavy atom. The van der Waals surface area contributed by atoms with Crippen molar-refractivity contribution in [3.8, 4) is 17.1 Å². The Morgan fingerprint density at radius 1 is 1.00 bits per heavy atom. The maximum atomic E-state index is 9.89. The summed E-state index contributed by atoms with van der Waals surface area (Å²) < 4.78 is 4.33. The molecule has 0 saturated carbocycles. The van der Waals surface area contributed by atoms with Gasteiger partial charge in [0.15, 0.2) is 11.4 Å². The van der Waals surface area contributed by atoms with Gasteiger partial charge in [-0.15, -0.1) is 0 Å². The van der Waals surface area contributed by atoms with Crippen LogP contribution in [0, 0.1) is 13.7 Å². The Balaban J connectivity index is 0.000000596. The number of benzene rings is 2. The molecule has 141 valence electrons. The Morgan fingerprint density at radius 2 is 1.59 bits per heavy atom. The molecular formula is C19H16Cl4NO2Zr. The van der Waals surface area contributed by atoms with E-state index in [1.807, 2.05) is 42.5 Å². The molecule has 0 atom stereocenters. The van der Waals surface area contributed by atoms with Crippen molar-refractivity contribution in [2.24, 2.45) is 0 Å². The third-order valence-electron chi connectivity index (χ3n) is 3.55. The normalized spacial score (nSPS) is 9.93. The zero-order chi connectivity index (χ0) is 20.0. The van der Waals surface area contributed by atoms with Gasteiger partial charge >= 0.3 is 43.7 Å². The minimum atomic E-state index is -2.13. The summed E-state index contributed by atoms with van der Waals surface area (Å²) >= 11 is 3.79. The summed E-state index contributed by atoms with van der Waals surface area (Å²) in [5.41, 5.74) is 1.61. The average molecular weight is 523 g/mol. The first-order chi connectivity index (χ1) is 12.8. The summed E-state index contributed by atoms with van der Waals surface area (Å²) in [5.74, 6) is 1.84. The molecule has 0 saturated heterocycles. The van der Waals surface area contributed by atoms with Gasteiger partial charge < -0.3 is 9.15 Å². The number of para-hydroxylation sites is 2. The van der Waals surface area contributed by atoms with Gasteiger partial charge in [-0.1, -0.05) is 48.0 Å². The van der Waals surface area contributed by atoms with Gasteiger partial charge in [-0.2, -0.15) is 0 Å². The van der Waals surface area contributed by atoms with Crippen LogP contribution >= 0.6 is 37.1 Å². The molecule has 1 heterocycles. The number of hydrogen-bond acceptors (Lipinski definition) is 1. The molecule has 8 heteroatoms. The number of aromatic hydroxyl groups is 1. The summed E-state index contributed by atoms with van der Waals surface area (Å²) in [5, 5.41) is 10.6. The van der Waals surface area contributed by atoms with Crippen molar-refractivity contribution in [1.29, 1.82) is 0 Å². The first-order valence-corrected chi connectivity index (χ1v) is 17.4. The van der Waals surface area contributed by atoms with Gasteiger partial charge in [0.1, 0.15) is 18.1 Å². The standard InChI is InChI=1S/C19H16ClNO2.3ClH.Zr/c1-21(17-5-3-4-6-18(17)22)13-16-11-12-19(23(16)2)14-7-9-15(20)10-8-14;;;;/h3-13,22H,1-2H2;3*1H;/q;;;;+3/p-3. The van der Waals surface area contributed by atoms with Crippen LogP contribution in [0.15, 0.2) is 64.7 Å². The molecule has 0 aliphatic rings. The molecule has 2 aromatic carbocycles. The molecule has 0 fully saturated rings. The number of nitrogens with zero attached hydrogens (tertiary/aromatic N) is 1. The van der Waals surface area contributed by atoms with Crippen molar-refractivity contribution in [1.82, 2.24) is 0 Å². The van der Waals surface area contributed by atoms with E-state index < -0.39 is 18.2 Å². The first-order valence-electron chi connectivity index (χ1n) is 7.57. The van der Waals surface area contributed by atoms with Crippen LogP contribution < -0.4 is 0 Å². The zero-order valence-electron chi connectivity index (χ0n) is 14.1. The van der Waals surface area contributed by atoms with Crippen LogP contribution in [0.5, 0.6) is 5.75 Å². The van der Waals surface area contributed by atoms with Gasteiger partial charge in [0.2, 0.25) is 0 Å². The van der Waals surface area contributed by atoms with Crippen LogP contribution in [0.2, 0.25) is 5.02 Å². The van der Waals surface area contributed by atoms with Gasteiger partial charge in [0.05, 0.1) is 13.8 Å². The molecule has 0 unspecified atom stereocenters. The van der Waals surface area contributed by atoms with Crippen LogP contribution in [0.4, 0.5) is 5.69 Å². The molecule has 1 N–H and O–H groups in total. The fourth-order valence-electron chi connectivity index (χ4n) is 2.34. The van der Waals surface area contributed by atoms with Gasteiger partial charge in [-0.05, 0) is 24.3 Å². The summed E-state index contributed by atoms with van der Waals surface area (Å²) in [4.78, 5) is 0. The molecular weight excluding hydrogens is 507 g/mol. The van der Waals surface area contributed by atoms with Crippen molar-refractivity contribution in [3.05, 3.63) is 85.1 Å². The summed E-state index contributed by atoms with van der Waals surface area (Å²) in [6.07, 6.45) is 0. The van der Waals surface area contributed by atoms with Crippen molar-refractivity contribution in [2.75, 3.05) is 0 Å². The van der Waals surface area contributed by atoms with E-state index in [-0.39, 0.29) is 5.75 Å². The van der Waals surface area contributed by atoms with E-state index in [0.717, 1.165) is 17.1 Å². The maximum absolute atomic E-state index is 9.89. The molecule has 27 heavy (non-hydrogen) atoms. The Kier molecular flexibility index (Phi) is 8.66. The van der Waals surface area contributed by atoms with Gasteiger partial charge in [0.25, 0.3) is 0 Å². The number of furan rings is 1. The van der Waals surface area contributed by atoms with E-state index in [4.69, 9.17) is 37.1 Å². The molecule has 0 amide bonds. The molecule has 3 rings (SSSR count). The van der Waals surface area contributed by atoms with E-state index >= 15 is 0 Å². The first kappa shape index (κ1) is 22.3. The Bertz CT molecular complexity index is 908. The van der Waals surface area contributed by atoms with E-state index in [0.29, 0.717) is 10.7 Å². The number of rotatable bonds is 4. The molecule has 3 aromatic rings. The summed E-state index contributed by atoms with van der Waals surface area (Å²) in [6, 6.07) is 18.4. The van der Waals surface area contributed by atoms with Gasteiger partial charge in [-0.25, -0.2) is 0 Å². The predicted octanol–water partition coefficient (Wildman–Crippen LogP) is 7.25. The second kappa shape index (κ2) is 10.5. The number of halogens is 4. The predicted molar refractivity (Wildman–Crippen MR) is 111 cm³/mol. The fourth-order valence-corrected chi connectivity index (χ4v) is 2.46. The quantitative estimate of drug-likeness (QED) is 0.166. The van der Waals surface area contributed by atoms with Crippen LogP contribution in [0.1, 0.15) is 5.76 Å². The number of phenols is 1. The molecule has 0 aliphatic carbocycles. The van der Waals surface area contributed by atoms with Crippen LogP contribution in [0.3, 0.4) is 0 Å². The van der Waals surface area contributed by atoms with Crippen LogP contribution in [0.25, 0.3) is 11.3 Å². The number of phenolic OH excluding ortho intramolecular Hbond substituents is 1. The average Bonchev–Trinajstić information content (AvgIpc) is 2.96. The van der Waals surface area contributed by atoms with Crippen molar-refractivity contribution in [3.63, 3.8) is 0 Å². The number of hydrogen-bond donors (Lipinski definition) is 1. The molecule has 0 bridgehead atoms. The summed E-state index contributed by atoms with van der Waals surface area (Å²) in [6.45, 7) is 5.73. The third kappa shape index (κ3) is 6.52. The molecule has 1 aromatic heterocycles. The zero-order valence-corrected chi connectivity index (χ0v) is 19.6. The third-order valence-corrected chi connectivity index (χ3v) is 3.80. The Hall–Kier alpha value is -1.03. The molecule has 0 aliphatic heterocycles. The van der Waals surface area contributed by atoms with E-state index in [2.05, 4.69) is 17.9 Å². The van der Waals surface area contributed by atoms with Gasteiger partial charge in [0, 0.05) is 10.6 Å². The van der Waals surface area contributed by atoms with Crippen molar-refractivity contribution >= 4 is 49.5 Å². The van der Waals surface area contributed by atoms with Crippen LogP contribution in [-0.4, -0.2) is 16.4 Å². The monoisotopic (exact) mass is 520 g/mol. The van der Waals surface area contributed by atoms with E-state index in [9.17, 15) is 5.11 Å². The van der Waals surface area contributed by atoms with E-state index in [1.165, 1.54) is 0 Å². The second-order valence-electron chi connectivity index (χ2n) is 5.30. The van der Waals surface area contributed by atoms with Crippen LogP contribution in [-0.2, 0) is 18.2 Å². The SMILES string of the molecule is C=[N+]([CH-]c1ccc(-c2ccc(Cl)cc2)[o+]1[CH2-])c1ccccc1O.[Cl][Zr]([Cl])[Cl]. The van der Waals surface area contributed by atoms with Gasteiger partial charge in [-0.3, -0.25) is 4.58 Å². The fraction of sp³-hybridized carbons (Fsp3) is 0. The topological polar surface area (TPSA) is 25.9 Å². The summed E-state index contributed by atoms with van der Waals surface area (Å²) in [7, 11) is 19.0. The molecule has 3 nitrogen and oxygen atoms in total. The molecule has 0 spiro atoms.